The molecule has 1 aliphatic heterocycles. The molecular formula is C27H29N9O. The number of hydrogen-bond donors (Lipinski definition) is 4. The molecule has 0 saturated carbocycles. The highest BCUT2D eigenvalue weighted by Gasteiger charge is 2.21. The molecule has 10 nitrogen and oxygen atoms in total. The largest absolute Gasteiger partial charge is 0.326 e. The molecule has 5 rings (SSSR count). The highest BCUT2D eigenvalue weighted by molar-refractivity contribution is 5.94. The van der Waals surface area contributed by atoms with Gasteiger partial charge in [0.05, 0.1) is 0 Å². The van der Waals surface area contributed by atoms with Crippen LogP contribution in [0, 0.1) is 19.8 Å². The van der Waals surface area contributed by atoms with Gasteiger partial charge in [0.1, 0.15) is 17.3 Å². The van der Waals surface area contributed by atoms with E-state index in [0.29, 0.717) is 29.1 Å². The van der Waals surface area contributed by atoms with Gasteiger partial charge in [-0.3, -0.25) is 4.79 Å². The van der Waals surface area contributed by atoms with Crippen molar-refractivity contribution in [1.29, 1.82) is 0 Å². The quantitative estimate of drug-likeness (QED) is 0.295. The van der Waals surface area contributed by atoms with Crippen molar-refractivity contribution < 1.29 is 4.79 Å². The van der Waals surface area contributed by atoms with E-state index in [4.69, 9.17) is 0 Å². The monoisotopic (exact) mass is 495 g/mol. The SMILES string of the molecule is Cc1cccc(-c2nccc(Nc3ccnc(Nc4ccc(C)c(NC(=O)C5CCNCC5)c4)n3)n2)n1. The molecule has 1 aliphatic rings. The van der Waals surface area contributed by atoms with Crippen molar-refractivity contribution in [2.24, 2.45) is 5.92 Å². The fourth-order valence-electron chi connectivity index (χ4n) is 4.12. The van der Waals surface area contributed by atoms with Crippen LogP contribution in [-0.2, 0) is 4.79 Å². The minimum absolute atomic E-state index is 0.0346. The van der Waals surface area contributed by atoms with Gasteiger partial charge in [-0.2, -0.15) is 4.98 Å². The lowest BCUT2D eigenvalue weighted by Gasteiger charge is -2.22. The molecule has 0 spiro atoms. The van der Waals surface area contributed by atoms with E-state index in [9.17, 15) is 4.79 Å². The van der Waals surface area contributed by atoms with E-state index in [1.807, 2.05) is 50.2 Å². The summed E-state index contributed by atoms with van der Waals surface area (Å²) in [6, 6.07) is 15.1. The predicted octanol–water partition coefficient (Wildman–Crippen LogP) is 4.37. The van der Waals surface area contributed by atoms with Crippen molar-refractivity contribution in [1.82, 2.24) is 30.2 Å². The zero-order valence-electron chi connectivity index (χ0n) is 20.8. The first kappa shape index (κ1) is 24.3. The number of piperidine rings is 1. The molecule has 0 bridgehead atoms. The lowest BCUT2D eigenvalue weighted by Crippen LogP contribution is -2.34. The Hall–Kier alpha value is -4.44. The Kier molecular flexibility index (Phi) is 7.27. The zero-order valence-corrected chi connectivity index (χ0v) is 20.8. The number of carbonyl (C=O) groups excluding carboxylic acids is 1. The van der Waals surface area contributed by atoms with E-state index >= 15 is 0 Å². The molecule has 1 fully saturated rings. The van der Waals surface area contributed by atoms with Crippen LogP contribution >= 0.6 is 0 Å². The van der Waals surface area contributed by atoms with Crippen LogP contribution in [0.1, 0.15) is 24.1 Å². The molecule has 4 aromatic rings. The summed E-state index contributed by atoms with van der Waals surface area (Å²) in [4.78, 5) is 35.0. The Morgan fingerprint density at radius 1 is 0.892 bits per heavy atom. The summed E-state index contributed by atoms with van der Waals surface area (Å²) in [5.74, 6) is 2.21. The zero-order chi connectivity index (χ0) is 25.6. The van der Waals surface area contributed by atoms with Crippen LogP contribution in [-0.4, -0.2) is 43.9 Å². The van der Waals surface area contributed by atoms with Gasteiger partial charge in [0, 0.05) is 35.4 Å². The Morgan fingerprint density at radius 2 is 1.68 bits per heavy atom. The van der Waals surface area contributed by atoms with Gasteiger partial charge in [0.2, 0.25) is 11.9 Å². The first-order valence-electron chi connectivity index (χ1n) is 12.3. The average Bonchev–Trinajstić information content (AvgIpc) is 2.91. The van der Waals surface area contributed by atoms with Gasteiger partial charge in [-0.15, -0.1) is 0 Å². The third-order valence-corrected chi connectivity index (χ3v) is 6.15. The first-order chi connectivity index (χ1) is 18.0. The van der Waals surface area contributed by atoms with Crippen LogP contribution < -0.4 is 21.3 Å². The lowest BCUT2D eigenvalue weighted by molar-refractivity contribution is -0.120. The topological polar surface area (TPSA) is 130 Å². The van der Waals surface area contributed by atoms with Crippen molar-refractivity contribution in [2.75, 3.05) is 29.0 Å². The highest BCUT2D eigenvalue weighted by atomic mass is 16.1. The number of aromatic nitrogens is 5. The molecule has 1 saturated heterocycles. The van der Waals surface area contributed by atoms with E-state index in [-0.39, 0.29) is 11.8 Å². The van der Waals surface area contributed by atoms with E-state index in [0.717, 1.165) is 48.6 Å². The molecule has 3 aromatic heterocycles. The van der Waals surface area contributed by atoms with Gasteiger partial charge in [0.15, 0.2) is 5.82 Å². The lowest BCUT2D eigenvalue weighted by atomic mass is 9.97. The summed E-state index contributed by atoms with van der Waals surface area (Å²) in [5, 5.41) is 12.8. The maximum atomic E-state index is 12.7. The summed E-state index contributed by atoms with van der Waals surface area (Å²) in [6.07, 6.45) is 5.05. The number of carbonyl (C=O) groups is 1. The third kappa shape index (κ3) is 6.22. The van der Waals surface area contributed by atoms with E-state index < -0.39 is 0 Å². The normalized spacial score (nSPS) is 13.7. The number of amides is 1. The molecule has 0 unspecified atom stereocenters. The molecule has 0 atom stereocenters. The number of hydrogen-bond acceptors (Lipinski definition) is 9. The fraction of sp³-hybridized carbons (Fsp3) is 0.259. The smallest absolute Gasteiger partial charge is 0.229 e. The Bertz CT molecular complexity index is 1400. The van der Waals surface area contributed by atoms with Gasteiger partial charge in [-0.05, 0) is 81.7 Å². The second kappa shape index (κ2) is 11.1. The Labute approximate surface area is 215 Å². The van der Waals surface area contributed by atoms with Gasteiger partial charge in [0.25, 0.3) is 0 Å². The Morgan fingerprint density at radius 3 is 2.49 bits per heavy atom. The van der Waals surface area contributed by atoms with Gasteiger partial charge < -0.3 is 21.3 Å². The van der Waals surface area contributed by atoms with Crippen LogP contribution in [0.5, 0.6) is 0 Å². The molecule has 188 valence electrons. The number of nitrogens with zero attached hydrogens (tertiary/aromatic N) is 5. The van der Waals surface area contributed by atoms with Gasteiger partial charge >= 0.3 is 0 Å². The summed E-state index contributed by atoms with van der Waals surface area (Å²) < 4.78 is 0. The molecule has 4 N–H and O–H groups in total. The van der Waals surface area contributed by atoms with E-state index in [1.54, 1.807) is 24.5 Å². The third-order valence-electron chi connectivity index (χ3n) is 6.15. The van der Waals surface area contributed by atoms with Crippen molar-refractivity contribution >= 4 is 34.9 Å². The predicted molar refractivity (Wildman–Crippen MR) is 144 cm³/mol. The van der Waals surface area contributed by atoms with Crippen LogP contribution in [0.15, 0.2) is 60.9 Å². The number of rotatable bonds is 7. The van der Waals surface area contributed by atoms with Gasteiger partial charge in [-0.25, -0.2) is 19.9 Å². The summed E-state index contributed by atoms with van der Waals surface area (Å²) in [5.41, 5.74) is 4.15. The maximum Gasteiger partial charge on any atom is 0.229 e. The molecule has 10 heteroatoms. The van der Waals surface area contributed by atoms with Gasteiger partial charge in [-0.1, -0.05) is 12.1 Å². The number of aryl methyl sites for hydroxylation is 2. The van der Waals surface area contributed by atoms with Crippen LogP contribution in [0.3, 0.4) is 0 Å². The minimum atomic E-state index is 0.0346. The standard InChI is InChI=1S/C27H29N9O/c1-17-6-7-20(16-22(17)33-26(37)19-8-12-28-13-9-19)32-27-30-15-11-24(36-27)34-23-10-14-29-25(35-23)21-5-3-4-18(2)31-21/h3-7,10-11,14-16,19,28H,8-9,12-13H2,1-2H3,(H,33,37)(H2,29,30,32,34,35,36). The van der Waals surface area contributed by atoms with Crippen molar-refractivity contribution in [2.45, 2.75) is 26.7 Å². The van der Waals surface area contributed by atoms with E-state index in [1.165, 1.54) is 0 Å². The average molecular weight is 496 g/mol. The second-order valence-electron chi connectivity index (χ2n) is 8.99. The van der Waals surface area contributed by atoms with Crippen LogP contribution in [0.4, 0.5) is 29.0 Å². The highest BCUT2D eigenvalue weighted by Crippen LogP contribution is 2.25. The summed E-state index contributed by atoms with van der Waals surface area (Å²) in [6.45, 7) is 5.66. The Balaban J connectivity index is 1.28. The molecule has 37 heavy (non-hydrogen) atoms. The number of pyridine rings is 1. The number of nitrogens with one attached hydrogen (secondary N) is 4. The minimum Gasteiger partial charge on any atom is -0.326 e. The molecule has 0 aliphatic carbocycles. The second-order valence-corrected chi connectivity index (χ2v) is 8.99. The van der Waals surface area contributed by atoms with Crippen molar-refractivity contribution in [3.8, 4) is 11.5 Å². The van der Waals surface area contributed by atoms with Crippen LogP contribution in [0.2, 0.25) is 0 Å². The first-order valence-corrected chi connectivity index (χ1v) is 12.3. The van der Waals surface area contributed by atoms with Crippen molar-refractivity contribution in [3.63, 3.8) is 0 Å². The molecule has 1 amide bonds. The molecule has 4 heterocycles. The molecular weight excluding hydrogens is 466 g/mol. The molecule has 1 aromatic carbocycles. The molecule has 0 radical (unpaired) electrons. The summed E-state index contributed by atoms with van der Waals surface area (Å²) in [7, 11) is 0. The maximum absolute atomic E-state index is 12.7. The van der Waals surface area contributed by atoms with Crippen LogP contribution in [0.25, 0.3) is 11.5 Å². The van der Waals surface area contributed by atoms with E-state index in [2.05, 4.69) is 46.2 Å². The number of benzene rings is 1. The summed E-state index contributed by atoms with van der Waals surface area (Å²) >= 11 is 0. The number of anilines is 5. The fourth-order valence-corrected chi connectivity index (χ4v) is 4.12. The van der Waals surface area contributed by atoms with Crippen molar-refractivity contribution in [3.05, 3.63) is 72.2 Å².